The van der Waals surface area contributed by atoms with Gasteiger partial charge in [-0.3, -0.25) is 9.69 Å². The van der Waals surface area contributed by atoms with E-state index in [1.807, 2.05) is 30.1 Å². The number of halogens is 1. The van der Waals surface area contributed by atoms with Crippen molar-refractivity contribution in [3.05, 3.63) is 50.6 Å². The van der Waals surface area contributed by atoms with Crippen LogP contribution in [0.5, 0.6) is 0 Å². The lowest BCUT2D eigenvalue weighted by Gasteiger charge is -2.21. The molecule has 110 valence electrons. The number of fused-ring (bicyclic) bond motifs is 1. The van der Waals surface area contributed by atoms with E-state index in [0.29, 0.717) is 6.54 Å². The Kier molecular flexibility index (Phi) is 4.42. The molecule has 1 aromatic heterocycles. The Morgan fingerprint density at radius 2 is 2.24 bits per heavy atom. The van der Waals surface area contributed by atoms with Crippen molar-refractivity contribution in [3.63, 3.8) is 0 Å². The number of benzene rings is 1. The van der Waals surface area contributed by atoms with E-state index in [1.54, 1.807) is 11.3 Å². The van der Waals surface area contributed by atoms with Crippen molar-refractivity contribution in [2.24, 2.45) is 0 Å². The van der Waals surface area contributed by atoms with Crippen LogP contribution in [-0.4, -0.2) is 30.9 Å². The van der Waals surface area contributed by atoms with Crippen LogP contribution in [-0.2, 0) is 17.8 Å². The first kappa shape index (κ1) is 14.8. The van der Waals surface area contributed by atoms with Gasteiger partial charge in [0, 0.05) is 18.8 Å². The van der Waals surface area contributed by atoms with Crippen LogP contribution >= 0.6 is 27.3 Å². The second kappa shape index (κ2) is 6.30. The number of carbonyl (C=O) groups is 1. The van der Waals surface area contributed by atoms with E-state index < -0.39 is 0 Å². The highest BCUT2D eigenvalue weighted by atomic mass is 79.9. The molecule has 5 heteroatoms. The maximum Gasteiger partial charge on any atom is 0.241 e. The number of hydrogen-bond donors (Lipinski definition) is 0. The highest BCUT2D eigenvalue weighted by molar-refractivity contribution is 9.11. The number of amides is 1. The molecule has 1 amide bonds. The van der Waals surface area contributed by atoms with E-state index in [1.165, 1.54) is 11.1 Å². The van der Waals surface area contributed by atoms with Gasteiger partial charge < -0.3 is 4.90 Å². The van der Waals surface area contributed by atoms with Gasteiger partial charge in [0.2, 0.25) is 5.91 Å². The van der Waals surface area contributed by atoms with Gasteiger partial charge in [0.25, 0.3) is 0 Å². The minimum Gasteiger partial charge on any atom is -0.311 e. The number of rotatable bonds is 4. The predicted octanol–water partition coefficient (Wildman–Crippen LogP) is 3.53. The normalized spacial score (nSPS) is 13.8. The molecule has 0 atom stereocenters. The summed E-state index contributed by atoms with van der Waals surface area (Å²) in [5.74, 6) is 0.178. The summed E-state index contributed by atoms with van der Waals surface area (Å²) in [6.45, 7) is 2.04. The molecule has 0 saturated carbocycles. The summed E-state index contributed by atoms with van der Waals surface area (Å²) in [6.07, 6.45) is 0.961. The molecule has 0 N–H and O–H groups in total. The molecule has 1 aliphatic rings. The first-order valence-electron chi connectivity index (χ1n) is 6.93. The van der Waals surface area contributed by atoms with Gasteiger partial charge in [-0.15, -0.1) is 11.3 Å². The fraction of sp³-hybridized carbons (Fsp3) is 0.312. The molecule has 0 fully saturated rings. The van der Waals surface area contributed by atoms with E-state index in [4.69, 9.17) is 0 Å². The zero-order chi connectivity index (χ0) is 14.8. The number of likely N-dealkylation sites (N-methyl/N-ethyl adjacent to an activating group) is 1. The zero-order valence-corrected chi connectivity index (χ0v) is 14.3. The average Bonchev–Trinajstić information content (AvgIpc) is 3.04. The van der Waals surface area contributed by atoms with Gasteiger partial charge in [-0.05, 0) is 58.0 Å². The van der Waals surface area contributed by atoms with Crippen LogP contribution in [0.4, 0.5) is 5.69 Å². The molecule has 3 nitrogen and oxygen atoms in total. The minimum atomic E-state index is 0.178. The highest BCUT2D eigenvalue weighted by Gasteiger charge is 2.24. The number of para-hydroxylation sites is 1. The largest absolute Gasteiger partial charge is 0.311 e. The van der Waals surface area contributed by atoms with Crippen molar-refractivity contribution >= 4 is 38.9 Å². The molecular weight excluding hydrogens is 348 g/mol. The molecule has 3 rings (SSSR count). The molecule has 0 spiro atoms. The third-order valence-electron chi connectivity index (χ3n) is 3.67. The molecule has 0 aliphatic carbocycles. The number of carbonyl (C=O) groups excluding carboxylic acids is 1. The van der Waals surface area contributed by atoms with Gasteiger partial charge in [-0.2, -0.15) is 0 Å². The van der Waals surface area contributed by atoms with Crippen LogP contribution in [0.3, 0.4) is 0 Å². The summed E-state index contributed by atoms with van der Waals surface area (Å²) < 4.78 is 1.13. The van der Waals surface area contributed by atoms with Crippen LogP contribution in [0.2, 0.25) is 0 Å². The summed E-state index contributed by atoms with van der Waals surface area (Å²) in [6, 6.07) is 10.3. The van der Waals surface area contributed by atoms with E-state index in [0.717, 1.165) is 29.0 Å². The summed E-state index contributed by atoms with van der Waals surface area (Å²) in [5, 5.41) is 2.12. The van der Waals surface area contributed by atoms with Gasteiger partial charge in [0.05, 0.1) is 10.3 Å². The van der Waals surface area contributed by atoms with Crippen LogP contribution < -0.4 is 4.90 Å². The standard InChI is InChI=1S/C16H17BrN2OS/c1-18(9-12-8-15(17)21-11-12)10-16(20)19-7-6-13-4-2-3-5-14(13)19/h2-5,8,11H,6-7,9-10H2,1H3. The molecule has 1 aliphatic heterocycles. The lowest BCUT2D eigenvalue weighted by molar-refractivity contribution is -0.119. The van der Waals surface area contributed by atoms with Crippen LogP contribution in [0.15, 0.2) is 39.5 Å². The van der Waals surface area contributed by atoms with Gasteiger partial charge in [0.15, 0.2) is 0 Å². The maximum atomic E-state index is 12.5. The van der Waals surface area contributed by atoms with Gasteiger partial charge >= 0.3 is 0 Å². The SMILES string of the molecule is CN(CC(=O)N1CCc2ccccc21)Cc1csc(Br)c1. The van der Waals surface area contributed by atoms with Crippen molar-refractivity contribution in [2.45, 2.75) is 13.0 Å². The quantitative estimate of drug-likeness (QED) is 0.828. The molecule has 2 aromatic rings. The maximum absolute atomic E-state index is 12.5. The third-order valence-corrected chi connectivity index (χ3v) is 5.22. The zero-order valence-electron chi connectivity index (χ0n) is 11.9. The number of anilines is 1. The van der Waals surface area contributed by atoms with E-state index in [2.05, 4.69) is 38.3 Å². The molecule has 0 saturated heterocycles. The predicted molar refractivity (Wildman–Crippen MR) is 90.9 cm³/mol. The monoisotopic (exact) mass is 364 g/mol. The lowest BCUT2D eigenvalue weighted by atomic mass is 10.2. The van der Waals surface area contributed by atoms with Crippen LogP contribution in [0, 0.1) is 0 Å². The summed E-state index contributed by atoms with van der Waals surface area (Å²) >= 11 is 5.15. The molecule has 21 heavy (non-hydrogen) atoms. The molecule has 0 bridgehead atoms. The van der Waals surface area contributed by atoms with Crippen LogP contribution in [0.25, 0.3) is 0 Å². The Hall–Kier alpha value is -1.17. The van der Waals surface area contributed by atoms with Crippen molar-refractivity contribution in [1.82, 2.24) is 4.90 Å². The number of nitrogens with zero attached hydrogens (tertiary/aromatic N) is 2. The van der Waals surface area contributed by atoms with E-state index >= 15 is 0 Å². The Morgan fingerprint density at radius 3 is 3.00 bits per heavy atom. The second-order valence-corrected chi connectivity index (χ2v) is 7.65. The Balaban J connectivity index is 1.62. The minimum absolute atomic E-state index is 0.178. The van der Waals surface area contributed by atoms with Gasteiger partial charge in [-0.25, -0.2) is 0 Å². The Labute approximate surface area is 137 Å². The first-order chi connectivity index (χ1) is 10.1. The van der Waals surface area contributed by atoms with Crippen molar-refractivity contribution in [1.29, 1.82) is 0 Å². The summed E-state index contributed by atoms with van der Waals surface area (Å²) in [5.41, 5.74) is 3.59. The summed E-state index contributed by atoms with van der Waals surface area (Å²) in [7, 11) is 1.99. The van der Waals surface area contributed by atoms with E-state index in [-0.39, 0.29) is 5.91 Å². The molecular formula is C16H17BrN2OS. The van der Waals surface area contributed by atoms with Gasteiger partial charge in [0.1, 0.15) is 0 Å². The fourth-order valence-electron chi connectivity index (χ4n) is 2.71. The molecule has 0 unspecified atom stereocenters. The molecule has 2 heterocycles. The first-order valence-corrected chi connectivity index (χ1v) is 8.60. The second-order valence-electron chi connectivity index (χ2n) is 5.36. The Bertz CT molecular complexity index is 655. The molecule has 1 aromatic carbocycles. The number of thiophene rings is 1. The highest BCUT2D eigenvalue weighted by Crippen LogP contribution is 2.27. The molecule has 0 radical (unpaired) electrons. The smallest absolute Gasteiger partial charge is 0.241 e. The Morgan fingerprint density at radius 1 is 1.43 bits per heavy atom. The topological polar surface area (TPSA) is 23.6 Å². The lowest BCUT2D eigenvalue weighted by Crippen LogP contribution is -2.37. The van der Waals surface area contributed by atoms with E-state index in [9.17, 15) is 4.79 Å². The third kappa shape index (κ3) is 3.36. The van der Waals surface area contributed by atoms with Gasteiger partial charge in [-0.1, -0.05) is 18.2 Å². The van der Waals surface area contributed by atoms with Crippen molar-refractivity contribution in [2.75, 3.05) is 25.0 Å². The fourth-order valence-corrected chi connectivity index (χ4v) is 3.91. The summed E-state index contributed by atoms with van der Waals surface area (Å²) in [4.78, 5) is 16.5. The van der Waals surface area contributed by atoms with Crippen LogP contribution in [0.1, 0.15) is 11.1 Å². The van der Waals surface area contributed by atoms with Crippen molar-refractivity contribution < 1.29 is 4.79 Å². The average molecular weight is 365 g/mol. The van der Waals surface area contributed by atoms with Crippen molar-refractivity contribution in [3.8, 4) is 0 Å². The number of hydrogen-bond acceptors (Lipinski definition) is 3.